The molecule has 1 spiro atoms. The van der Waals surface area contributed by atoms with Gasteiger partial charge < -0.3 is 14.7 Å². The van der Waals surface area contributed by atoms with E-state index < -0.39 is 11.9 Å². The minimum Gasteiger partial charge on any atom is -0.481 e. The number of carbonyl (C=O) groups excluding carboxylic acids is 1. The molecular weight excluding hydrogens is 330 g/mol. The maximum absolute atomic E-state index is 12.6. The number of carbonyl (C=O) groups is 2. The lowest BCUT2D eigenvalue weighted by Gasteiger charge is -2.36. The molecule has 1 unspecified atom stereocenters. The summed E-state index contributed by atoms with van der Waals surface area (Å²) in [6, 6.07) is 7.49. The Morgan fingerprint density at radius 3 is 2.67 bits per heavy atom. The molecule has 2 saturated heterocycles. The summed E-state index contributed by atoms with van der Waals surface area (Å²) in [6.07, 6.45) is 2.34. The van der Waals surface area contributed by atoms with E-state index in [2.05, 4.69) is 0 Å². The van der Waals surface area contributed by atoms with Gasteiger partial charge in [-0.2, -0.15) is 0 Å². The minimum absolute atomic E-state index is 0.00420. The minimum atomic E-state index is -0.807. The fraction of sp³-hybridized carbons (Fsp3) is 0.556. The van der Waals surface area contributed by atoms with Crippen LogP contribution in [0.25, 0.3) is 0 Å². The van der Waals surface area contributed by atoms with Crippen molar-refractivity contribution in [3.05, 3.63) is 34.9 Å². The van der Waals surface area contributed by atoms with E-state index in [1.165, 1.54) is 0 Å². The summed E-state index contributed by atoms with van der Waals surface area (Å²) in [7, 11) is 0. The third-order valence-corrected chi connectivity index (χ3v) is 5.72. The van der Waals surface area contributed by atoms with Crippen LogP contribution in [0.2, 0.25) is 5.02 Å². The number of halogens is 1. The Morgan fingerprint density at radius 1 is 1.29 bits per heavy atom. The zero-order chi connectivity index (χ0) is 17.2. The number of carboxylic acids is 1. The number of likely N-dealkylation sites (tertiary alicyclic amines) is 1. The Hall–Kier alpha value is -1.59. The molecule has 2 aliphatic rings. The van der Waals surface area contributed by atoms with E-state index in [1.807, 2.05) is 24.3 Å². The molecule has 2 fully saturated rings. The van der Waals surface area contributed by atoms with E-state index in [0.717, 1.165) is 5.56 Å². The van der Waals surface area contributed by atoms with E-state index in [9.17, 15) is 14.7 Å². The van der Waals surface area contributed by atoms with Gasteiger partial charge in [0.25, 0.3) is 0 Å². The smallest absolute Gasteiger partial charge is 0.308 e. The van der Waals surface area contributed by atoms with Crippen molar-refractivity contribution < 1.29 is 19.4 Å². The van der Waals surface area contributed by atoms with Crippen molar-refractivity contribution in [3.8, 4) is 0 Å². The van der Waals surface area contributed by atoms with Gasteiger partial charge in [0.2, 0.25) is 5.91 Å². The Kier molecular flexibility index (Phi) is 5.11. The number of hydrogen-bond acceptors (Lipinski definition) is 3. The summed E-state index contributed by atoms with van der Waals surface area (Å²) >= 11 is 6.13. The third kappa shape index (κ3) is 3.42. The van der Waals surface area contributed by atoms with Crippen molar-refractivity contribution in [1.29, 1.82) is 0 Å². The maximum atomic E-state index is 12.6. The first-order valence-electron chi connectivity index (χ1n) is 8.33. The summed E-state index contributed by atoms with van der Waals surface area (Å²) in [6.45, 7) is 1.97. The fourth-order valence-electron chi connectivity index (χ4n) is 3.88. The van der Waals surface area contributed by atoms with Crippen LogP contribution in [0.1, 0.15) is 24.8 Å². The number of nitrogens with zero attached hydrogens (tertiary/aromatic N) is 1. The molecule has 6 heteroatoms. The van der Waals surface area contributed by atoms with Crippen molar-refractivity contribution in [2.24, 2.45) is 11.3 Å². The standard InChI is InChI=1S/C18H22ClNO4/c19-15-4-2-1-3-13(15)5-6-16(21)20-11-14(17(22)23)18(12-20)7-9-24-10-8-18/h1-4,14H,5-12H2,(H,22,23). The third-order valence-electron chi connectivity index (χ3n) is 5.35. The Morgan fingerprint density at radius 2 is 2.00 bits per heavy atom. The first kappa shape index (κ1) is 17.2. The van der Waals surface area contributed by atoms with Gasteiger partial charge in [-0.05, 0) is 30.9 Å². The van der Waals surface area contributed by atoms with E-state index in [1.54, 1.807) is 4.90 Å². The number of aryl methyl sites for hydroxylation is 1. The summed E-state index contributed by atoms with van der Waals surface area (Å²) < 4.78 is 5.39. The molecule has 24 heavy (non-hydrogen) atoms. The van der Waals surface area contributed by atoms with Crippen LogP contribution in [-0.2, 0) is 20.7 Å². The maximum Gasteiger partial charge on any atom is 0.308 e. The lowest BCUT2D eigenvalue weighted by atomic mass is 9.72. The van der Waals surface area contributed by atoms with Gasteiger partial charge in [-0.25, -0.2) is 0 Å². The van der Waals surface area contributed by atoms with Crippen molar-refractivity contribution in [3.63, 3.8) is 0 Å². The highest BCUT2D eigenvalue weighted by Gasteiger charge is 2.51. The van der Waals surface area contributed by atoms with Crippen LogP contribution < -0.4 is 0 Å². The molecule has 2 aliphatic heterocycles. The van der Waals surface area contributed by atoms with Crippen molar-refractivity contribution in [2.75, 3.05) is 26.3 Å². The molecule has 2 heterocycles. The van der Waals surface area contributed by atoms with E-state index in [-0.39, 0.29) is 11.3 Å². The Labute approximate surface area is 146 Å². The molecule has 0 aliphatic carbocycles. The Balaban J connectivity index is 1.65. The highest BCUT2D eigenvalue weighted by atomic mass is 35.5. The normalized spacial score (nSPS) is 22.7. The fourth-order valence-corrected chi connectivity index (χ4v) is 4.11. The predicted octanol–water partition coefficient (Wildman–Crippen LogP) is 2.61. The average Bonchev–Trinajstić information content (AvgIpc) is 2.94. The molecule has 1 atom stereocenters. The van der Waals surface area contributed by atoms with Crippen LogP contribution in [0, 0.1) is 11.3 Å². The molecule has 1 N–H and O–H groups in total. The molecular formula is C18H22ClNO4. The highest BCUT2D eigenvalue weighted by Crippen LogP contribution is 2.44. The second-order valence-corrected chi connectivity index (χ2v) is 7.14. The zero-order valence-electron chi connectivity index (χ0n) is 13.5. The van der Waals surface area contributed by atoms with Crippen molar-refractivity contribution >= 4 is 23.5 Å². The van der Waals surface area contributed by atoms with Crippen LogP contribution in [0.15, 0.2) is 24.3 Å². The lowest BCUT2D eigenvalue weighted by Crippen LogP contribution is -2.40. The van der Waals surface area contributed by atoms with Gasteiger partial charge in [0.1, 0.15) is 0 Å². The predicted molar refractivity (Wildman–Crippen MR) is 90.0 cm³/mol. The zero-order valence-corrected chi connectivity index (χ0v) is 14.3. The van der Waals surface area contributed by atoms with Crippen LogP contribution in [0.3, 0.4) is 0 Å². The summed E-state index contributed by atoms with van der Waals surface area (Å²) in [4.78, 5) is 26.0. The molecule has 3 rings (SSSR count). The monoisotopic (exact) mass is 351 g/mol. The summed E-state index contributed by atoms with van der Waals surface area (Å²) in [5, 5.41) is 10.2. The van der Waals surface area contributed by atoms with Crippen LogP contribution in [0.5, 0.6) is 0 Å². The number of benzene rings is 1. The number of ether oxygens (including phenoxy) is 1. The van der Waals surface area contributed by atoms with Gasteiger partial charge in [-0.3, -0.25) is 9.59 Å². The van der Waals surface area contributed by atoms with Gasteiger partial charge in [0, 0.05) is 43.2 Å². The second-order valence-electron chi connectivity index (χ2n) is 6.73. The molecule has 1 amide bonds. The van der Waals surface area contributed by atoms with Crippen LogP contribution in [0.4, 0.5) is 0 Å². The molecule has 1 aromatic carbocycles. The van der Waals surface area contributed by atoms with Gasteiger partial charge in [0.15, 0.2) is 0 Å². The topological polar surface area (TPSA) is 66.8 Å². The Bertz CT molecular complexity index is 627. The first-order valence-corrected chi connectivity index (χ1v) is 8.71. The van der Waals surface area contributed by atoms with Gasteiger partial charge in [-0.15, -0.1) is 0 Å². The second kappa shape index (κ2) is 7.11. The molecule has 0 aromatic heterocycles. The van der Waals surface area contributed by atoms with E-state index in [0.29, 0.717) is 57.0 Å². The van der Waals surface area contributed by atoms with E-state index in [4.69, 9.17) is 16.3 Å². The van der Waals surface area contributed by atoms with Crippen LogP contribution in [-0.4, -0.2) is 48.2 Å². The summed E-state index contributed by atoms with van der Waals surface area (Å²) in [5.41, 5.74) is 0.617. The molecule has 0 bridgehead atoms. The van der Waals surface area contributed by atoms with E-state index >= 15 is 0 Å². The van der Waals surface area contributed by atoms with Crippen molar-refractivity contribution in [2.45, 2.75) is 25.7 Å². The largest absolute Gasteiger partial charge is 0.481 e. The number of rotatable bonds is 4. The quantitative estimate of drug-likeness (QED) is 0.905. The van der Waals surface area contributed by atoms with Crippen molar-refractivity contribution in [1.82, 2.24) is 4.90 Å². The number of aliphatic carboxylic acids is 1. The SMILES string of the molecule is O=C(O)C1CN(C(=O)CCc2ccccc2Cl)CC12CCOCC2. The molecule has 5 nitrogen and oxygen atoms in total. The van der Waals surface area contributed by atoms with Crippen LogP contribution >= 0.6 is 11.6 Å². The lowest BCUT2D eigenvalue weighted by molar-refractivity contribution is -0.146. The summed E-state index contributed by atoms with van der Waals surface area (Å²) in [5.74, 6) is -1.30. The molecule has 0 saturated carbocycles. The van der Waals surface area contributed by atoms with Gasteiger partial charge in [-0.1, -0.05) is 29.8 Å². The molecule has 0 radical (unpaired) electrons. The number of carboxylic acid groups (broad SMARTS) is 1. The average molecular weight is 352 g/mol. The van der Waals surface area contributed by atoms with Gasteiger partial charge in [0.05, 0.1) is 5.92 Å². The number of hydrogen-bond donors (Lipinski definition) is 1. The molecule has 1 aromatic rings. The first-order chi connectivity index (χ1) is 11.5. The number of amides is 1. The van der Waals surface area contributed by atoms with Gasteiger partial charge >= 0.3 is 5.97 Å². The molecule has 130 valence electrons. The highest BCUT2D eigenvalue weighted by molar-refractivity contribution is 6.31.